The van der Waals surface area contributed by atoms with E-state index in [1.165, 1.54) is 38.1 Å². The fourth-order valence-corrected chi connectivity index (χ4v) is 7.06. The Balaban J connectivity index is 1.24. The third-order valence-corrected chi connectivity index (χ3v) is 9.40. The molecule has 0 saturated carbocycles. The first-order valence-electron chi connectivity index (χ1n) is 16.3. The fraction of sp³-hybridized carbons (Fsp3) is 0. The number of hydrogen-bond acceptors (Lipinski definition) is 3. The Bertz CT molecular complexity index is 2650. The summed E-state index contributed by atoms with van der Waals surface area (Å²) >= 11 is 6.46. The molecule has 49 heavy (non-hydrogen) atoms. The molecule has 0 aliphatic heterocycles. The van der Waals surface area contributed by atoms with E-state index >= 15 is 0 Å². The van der Waals surface area contributed by atoms with Crippen LogP contribution in [0.25, 0.3) is 88.7 Å². The van der Waals surface area contributed by atoms with E-state index in [4.69, 9.17) is 26.6 Å². The summed E-state index contributed by atoms with van der Waals surface area (Å²) in [5.41, 5.74) is 7.24. The summed E-state index contributed by atoms with van der Waals surface area (Å²) in [6, 6.07) is 58.9. The van der Waals surface area contributed by atoms with Crippen molar-refractivity contribution >= 4 is 43.9 Å². The van der Waals surface area contributed by atoms with Crippen molar-refractivity contribution in [3.05, 3.63) is 175 Å². The SMILES string of the molecule is Clc1cccc(-c2nc(-c3cccc(-c4ccccc4-c4ccccc4)c3)nc(-c3ccc4c5ccccc5c5ccccc5c4c3)n2)c1. The molecule has 0 N–H and O–H groups in total. The highest BCUT2D eigenvalue weighted by Gasteiger charge is 2.16. The molecule has 0 fully saturated rings. The van der Waals surface area contributed by atoms with E-state index in [9.17, 15) is 0 Å². The molecule has 3 nitrogen and oxygen atoms in total. The molecule has 230 valence electrons. The molecule has 9 aromatic rings. The van der Waals surface area contributed by atoms with Gasteiger partial charge >= 0.3 is 0 Å². The van der Waals surface area contributed by atoms with E-state index in [1.54, 1.807) is 0 Å². The van der Waals surface area contributed by atoms with Gasteiger partial charge in [-0.05, 0) is 78.8 Å². The molecule has 0 bridgehead atoms. The lowest BCUT2D eigenvalue weighted by atomic mass is 9.93. The molecule has 0 aliphatic carbocycles. The largest absolute Gasteiger partial charge is 0.208 e. The number of hydrogen-bond donors (Lipinski definition) is 0. The molecule has 0 amide bonds. The Hall–Kier alpha value is -6.16. The van der Waals surface area contributed by atoms with Gasteiger partial charge in [0.25, 0.3) is 0 Å². The van der Waals surface area contributed by atoms with E-state index in [-0.39, 0.29) is 0 Å². The second kappa shape index (κ2) is 12.1. The van der Waals surface area contributed by atoms with Gasteiger partial charge in [0.05, 0.1) is 0 Å². The zero-order chi connectivity index (χ0) is 32.7. The maximum absolute atomic E-state index is 6.46. The average Bonchev–Trinajstić information content (AvgIpc) is 3.18. The molecule has 0 aliphatic rings. The van der Waals surface area contributed by atoms with Crippen molar-refractivity contribution in [2.24, 2.45) is 0 Å². The van der Waals surface area contributed by atoms with Crippen LogP contribution in [-0.4, -0.2) is 15.0 Å². The minimum atomic E-state index is 0.570. The van der Waals surface area contributed by atoms with E-state index in [1.807, 2.05) is 30.3 Å². The predicted octanol–water partition coefficient (Wildman–Crippen LogP) is 12.3. The van der Waals surface area contributed by atoms with Crippen molar-refractivity contribution in [1.29, 1.82) is 0 Å². The molecular formula is C45H28ClN3. The number of halogens is 1. The van der Waals surface area contributed by atoms with E-state index in [0.29, 0.717) is 22.5 Å². The molecule has 1 aromatic heterocycles. The minimum Gasteiger partial charge on any atom is -0.208 e. The van der Waals surface area contributed by atoms with Gasteiger partial charge in [-0.1, -0.05) is 157 Å². The van der Waals surface area contributed by atoms with Crippen LogP contribution in [0.3, 0.4) is 0 Å². The van der Waals surface area contributed by atoms with Gasteiger partial charge in [0.1, 0.15) is 0 Å². The number of nitrogens with zero attached hydrogens (tertiary/aromatic N) is 3. The third-order valence-electron chi connectivity index (χ3n) is 9.16. The van der Waals surface area contributed by atoms with Gasteiger partial charge in [-0.25, -0.2) is 15.0 Å². The molecule has 0 atom stereocenters. The highest BCUT2D eigenvalue weighted by atomic mass is 35.5. The second-order valence-electron chi connectivity index (χ2n) is 12.2. The van der Waals surface area contributed by atoms with Crippen LogP contribution >= 0.6 is 11.6 Å². The van der Waals surface area contributed by atoms with Crippen molar-refractivity contribution in [2.45, 2.75) is 0 Å². The van der Waals surface area contributed by atoms with Gasteiger partial charge < -0.3 is 0 Å². The molecule has 0 radical (unpaired) electrons. The quantitative estimate of drug-likeness (QED) is 0.175. The van der Waals surface area contributed by atoms with Crippen LogP contribution in [-0.2, 0) is 0 Å². The molecule has 0 unspecified atom stereocenters. The lowest BCUT2D eigenvalue weighted by Gasteiger charge is -2.13. The number of aromatic nitrogens is 3. The van der Waals surface area contributed by atoms with Gasteiger partial charge in [0.15, 0.2) is 17.5 Å². The standard InChI is InChI=1S/C45H28ClN3/c46-34-17-11-16-32(27-34)44-47-43(31-15-10-14-30(26-31)36-19-5-4-18-35(36)29-12-2-1-3-13-29)48-45(49-44)33-24-25-41-39-22-7-6-20-37(39)38-21-8-9-23-40(38)42(41)28-33/h1-28H. The zero-order valence-corrected chi connectivity index (χ0v) is 27.1. The minimum absolute atomic E-state index is 0.570. The Morgan fingerprint density at radius 3 is 1.33 bits per heavy atom. The molecule has 1 heterocycles. The van der Waals surface area contributed by atoms with Gasteiger partial charge in [-0.3, -0.25) is 0 Å². The van der Waals surface area contributed by atoms with Crippen molar-refractivity contribution < 1.29 is 0 Å². The van der Waals surface area contributed by atoms with Gasteiger partial charge in [-0.2, -0.15) is 0 Å². The number of fused-ring (bicyclic) bond motifs is 6. The van der Waals surface area contributed by atoms with E-state index in [0.717, 1.165) is 33.2 Å². The molecule has 4 heteroatoms. The highest BCUT2D eigenvalue weighted by molar-refractivity contribution is 6.30. The summed E-state index contributed by atoms with van der Waals surface area (Å²) < 4.78 is 0. The first-order chi connectivity index (χ1) is 24.2. The van der Waals surface area contributed by atoms with Crippen molar-refractivity contribution in [2.75, 3.05) is 0 Å². The highest BCUT2D eigenvalue weighted by Crippen LogP contribution is 2.38. The van der Waals surface area contributed by atoms with Crippen LogP contribution in [0.2, 0.25) is 5.02 Å². The van der Waals surface area contributed by atoms with E-state index in [2.05, 4.69) is 140 Å². The van der Waals surface area contributed by atoms with Crippen molar-refractivity contribution in [3.8, 4) is 56.4 Å². The Kier molecular flexibility index (Phi) is 7.18. The normalized spacial score (nSPS) is 11.4. The third kappa shape index (κ3) is 5.31. The van der Waals surface area contributed by atoms with Crippen molar-refractivity contribution in [3.63, 3.8) is 0 Å². The smallest absolute Gasteiger partial charge is 0.164 e. The number of rotatable bonds is 5. The maximum atomic E-state index is 6.46. The summed E-state index contributed by atoms with van der Waals surface area (Å²) in [6.45, 7) is 0. The summed E-state index contributed by atoms with van der Waals surface area (Å²) in [4.78, 5) is 15.2. The Morgan fingerprint density at radius 2 is 0.714 bits per heavy atom. The second-order valence-corrected chi connectivity index (χ2v) is 12.6. The van der Waals surface area contributed by atoms with Gasteiger partial charge in [0, 0.05) is 21.7 Å². The van der Waals surface area contributed by atoms with Gasteiger partial charge in [-0.15, -0.1) is 0 Å². The Morgan fingerprint density at radius 1 is 0.286 bits per heavy atom. The molecule has 0 saturated heterocycles. The van der Waals surface area contributed by atoms with Crippen LogP contribution in [0.4, 0.5) is 0 Å². The number of benzene rings is 8. The first kappa shape index (κ1) is 29.0. The molecular weight excluding hydrogens is 618 g/mol. The summed E-state index contributed by atoms with van der Waals surface area (Å²) in [6.07, 6.45) is 0. The first-order valence-corrected chi connectivity index (χ1v) is 16.7. The molecule has 8 aromatic carbocycles. The zero-order valence-electron chi connectivity index (χ0n) is 26.4. The van der Waals surface area contributed by atoms with Crippen LogP contribution in [0.1, 0.15) is 0 Å². The summed E-state index contributed by atoms with van der Waals surface area (Å²) in [7, 11) is 0. The topological polar surface area (TPSA) is 38.7 Å². The van der Waals surface area contributed by atoms with Crippen LogP contribution in [0, 0.1) is 0 Å². The monoisotopic (exact) mass is 645 g/mol. The van der Waals surface area contributed by atoms with E-state index < -0.39 is 0 Å². The summed E-state index contributed by atoms with van der Waals surface area (Å²) in [5.74, 6) is 1.78. The fourth-order valence-electron chi connectivity index (χ4n) is 6.87. The van der Waals surface area contributed by atoms with Crippen LogP contribution in [0.5, 0.6) is 0 Å². The Labute approximate surface area is 289 Å². The maximum Gasteiger partial charge on any atom is 0.164 e. The lowest BCUT2D eigenvalue weighted by Crippen LogP contribution is -2.00. The van der Waals surface area contributed by atoms with Crippen LogP contribution in [0.15, 0.2) is 170 Å². The lowest BCUT2D eigenvalue weighted by molar-refractivity contribution is 1.07. The van der Waals surface area contributed by atoms with Crippen molar-refractivity contribution in [1.82, 2.24) is 15.0 Å². The average molecular weight is 646 g/mol. The predicted molar refractivity (Wildman–Crippen MR) is 205 cm³/mol. The van der Waals surface area contributed by atoms with Gasteiger partial charge in [0.2, 0.25) is 0 Å². The molecule has 0 spiro atoms. The summed E-state index contributed by atoms with van der Waals surface area (Å²) in [5, 5.41) is 7.90. The molecule has 9 rings (SSSR count). The van der Waals surface area contributed by atoms with Crippen LogP contribution < -0.4 is 0 Å².